The highest BCUT2D eigenvalue weighted by Gasteiger charge is 2.30. The number of carbonyl (C=O) groups is 1. The van der Waals surface area contributed by atoms with E-state index in [9.17, 15) is 18.0 Å². The van der Waals surface area contributed by atoms with E-state index < -0.39 is 11.7 Å². The molecule has 4 nitrogen and oxygen atoms in total. The van der Waals surface area contributed by atoms with E-state index >= 15 is 0 Å². The largest absolute Gasteiger partial charge is 0.451 e. The van der Waals surface area contributed by atoms with Gasteiger partial charge in [0, 0.05) is 12.1 Å². The number of amides is 1. The Morgan fingerprint density at radius 3 is 2.62 bits per heavy atom. The second-order valence-electron chi connectivity index (χ2n) is 5.66. The Hall–Kier alpha value is -2.28. The zero-order valence-electron chi connectivity index (χ0n) is 13.5. The van der Waals surface area contributed by atoms with Crippen molar-refractivity contribution >= 4 is 5.91 Å². The maximum absolute atomic E-state index is 12.7. The van der Waals surface area contributed by atoms with Crippen molar-refractivity contribution in [3.8, 4) is 11.3 Å². The van der Waals surface area contributed by atoms with E-state index in [4.69, 9.17) is 4.42 Å². The molecule has 1 heterocycles. The maximum atomic E-state index is 12.7. The average Bonchev–Trinajstić information content (AvgIpc) is 3.00. The highest BCUT2D eigenvalue weighted by molar-refractivity contribution is 5.92. The van der Waals surface area contributed by atoms with Crippen LogP contribution in [0.1, 0.15) is 22.5 Å². The van der Waals surface area contributed by atoms with Gasteiger partial charge < -0.3 is 14.6 Å². The second-order valence-corrected chi connectivity index (χ2v) is 5.66. The third-order valence-electron chi connectivity index (χ3n) is 3.37. The Morgan fingerprint density at radius 1 is 1.21 bits per heavy atom. The van der Waals surface area contributed by atoms with Crippen LogP contribution in [0.15, 0.2) is 40.8 Å². The molecule has 0 aliphatic heterocycles. The van der Waals surface area contributed by atoms with Crippen LogP contribution in [0.4, 0.5) is 13.2 Å². The predicted octanol–water partition coefficient (Wildman–Crippen LogP) is 3.65. The van der Waals surface area contributed by atoms with Gasteiger partial charge in [-0.05, 0) is 51.3 Å². The van der Waals surface area contributed by atoms with E-state index in [-0.39, 0.29) is 23.0 Å². The monoisotopic (exact) mass is 340 g/mol. The summed E-state index contributed by atoms with van der Waals surface area (Å²) < 4.78 is 43.6. The summed E-state index contributed by atoms with van der Waals surface area (Å²) in [5.41, 5.74) is -0.484. The van der Waals surface area contributed by atoms with E-state index in [1.807, 2.05) is 19.0 Å². The SMILES string of the molecule is CN(C)CCCNC(=O)c1ccc(-c2cccc(C(F)(F)F)c2)o1. The van der Waals surface area contributed by atoms with Crippen molar-refractivity contribution < 1.29 is 22.4 Å². The van der Waals surface area contributed by atoms with E-state index in [0.29, 0.717) is 6.54 Å². The minimum Gasteiger partial charge on any atom is -0.451 e. The smallest absolute Gasteiger partial charge is 0.416 e. The highest BCUT2D eigenvalue weighted by Crippen LogP contribution is 2.32. The van der Waals surface area contributed by atoms with Crippen LogP contribution in [0.5, 0.6) is 0 Å². The van der Waals surface area contributed by atoms with Gasteiger partial charge in [0.05, 0.1) is 5.56 Å². The molecule has 1 aromatic carbocycles. The number of carbonyl (C=O) groups excluding carboxylic acids is 1. The third kappa shape index (κ3) is 4.86. The normalized spacial score (nSPS) is 11.8. The van der Waals surface area contributed by atoms with E-state index in [1.54, 1.807) is 0 Å². The van der Waals surface area contributed by atoms with Gasteiger partial charge >= 0.3 is 6.18 Å². The first-order chi connectivity index (χ1) is 11.3. The summed E-state index contributed by atoms with van der Waals surface area (Å²) >= 11 is 0. The molecule has 0 fully saturated rings. The summed E-state index contributed by atoms with van der Waals surface area (Å²) in [6.07, 6.45) is -3.63. The molecule has 0 radical (unpaired) electrons. The molecule has 0 saturated heterocycles. The van der Waals surface area contributed by atoms with Crippen molar-refractivity contribution in [1.29, 1.82) is 0 Å². The van der Waals surface area contributed by atoms with Gasteiger partial charge in [-0.2, -0.15) is 13.2 Å². The molecule has 2 rings (SSSR count). The fraction of sp³-hybridized carbons (Fsp3) is 0.353. The standard InChI is InChI=1S/C17H19F3N2O2/c1-22(2)10-4-9-21-16(23)15-8-7-14(24-15)12-5-3-6-13(11-12)17(18,19)20/h3,5-8,11H,4,9-10H2,1-2H3,(H,21,23). The van der Waals surface area contributed by atoms with Crippen LogP contribution in [0.25, 0.3) is 11.3 Å². The molecule has 1 amide bonds. The van der Waals surface area contributed by atoms with Crippen LogP contribution in [0.3, 0.4) is 0 Å². The van der Waals surface area contributed by atoms with Crippen LogP contribution in [-0.4, -0.2) is 38.0 Å². The van der Waals surface area contributed by atoms with Crippen molar-refractivity contribution in [2.45, 2.75) is 12.6 Å². The van der Waals surface area contributed by atoms with E-state index in [1.165, 1.54) is 24.3 Å². The molecule has 0 unspecified atom stereocenters. The minimum absolute atomic E-state index is 0.0762. The first kappa shape index (κ1) is 18.1. The number of furan rings is 1. The lowest BCUT2D eigenvalue weighted by molar-refractivity contribution is -0.137. The molecule has 0 aliphatic carbocycles. The molecule has 7 heteroatoms. The zero-order valence-corrected chi connectivity index (χ0v) is 13.5. The van der Waals surface area contributed by atoms with Gasteiger partial charge in [0.1, 0.15) is 5.76 Å². The number of hydrogen-bond acceptors (Lipinski definition) is 3. The molecule has 0 spiro atoms. The fourth-order valence-electron chi connectivity index (χ4n) is 2.15. The number of hydrogen-bond donors (Lipinski definition) is 1. The van der Waals surface area contributed by atoms with Crippen LogP contribution in [-0.2, 0) is 6.18 Å². The lowest BCUT2D eigenvalue weighted by Crippen LogP contribution is -2.26. The summed E-state index contributed by atoms with van der Waals surface area (Å²) in [7, 11) is 3.88. The topological polar surface area (TPSA) is 45.5 Å². The molecule has 1 N–H and O–H groups in total. The summed E-state index contributed by atoms with van der Waals surface area (Å²) in [6, 6.07) is 7.75. The van der Waals surface area contributed by atoms with Crippen molar-refractivity contribution in [3.63, 3.8) is 0 Å². The average molecular weight is 340 g/mol. The number of benzene rings is 1. The lowest BCUT2D eigenvalue weighted by Gasteiger charge is -2.09. The van der Waals surface area contributed by atoms with Gasteiger partial charge in [-0.1, -0.05) is 12.1 Å². The summed E-state index contributed by atoms with van der Waals surface area (Å²) in [5, 5.41) is 2.72. The van der Waals surface area contributed by atoms with Gasteiger partial charge in [-0.3, -0.25) is 4.79 Å². The van der Waals surface area contributed by atoms with Crippen LogP contribution >= 0.6 is 0 Å². The van der Waals surface area contributed by atoms with Gasteiger partial charge in [-0.25, -0.2) is 0 Å². The van der Waals surface area contributed by atoms with Crippen LogP contribution in [0.2, 0.25) is 0 Å². The first-order valence-electron chi connectivity index (χ1n) is 7.48. The third-order valence-corrected chi connectivity index (χ3v) is 3.37. The Kier molecular flexibility index (Phi) is 5.66. The van der Waals surface area contributed by atoms with Gasteiger partial charge in [0.15, 0.2) is 5.76 Å². The summed E-state index contributed by atoms with van der Waals surface area (Å²) in [5.74, 6) is -0.0845. The van der Waals surface area contributed by atoms with Crippen LogP contribution < -0.4 is 5.32 Å². The molecule has 2 aromatic rings. The van der Waals surface area contributed by atoms with Crippen molar-refractivity contribution in [3.05, 3.63) is 47.7 Å². The van der Waals surface area contributed by atoms with Gasteiger partial charge in [0.2, 0.25) is 0 Å². The molecule has 0 atom stereocenters. The number of halogens is 3. The van der Waals surface area contributed by atoms with Gasteiger partial charge in [0.25, 0.3) is 5.91 Å². The van der Waals surface area contributed by atoms with Crippen molar-refractivity contribution in [2.75, 3.05) is 27.2 Å². The zero-order chi connectivity index (χ0) is 17.7. The minimum atomic E-state index is -4.42. The summed E-state index contributed by atoms with van der Waals surface area (Å²) in [6.45, 7) is 1.34. The number of nitrogens with one attached hydrogen (secondary N) is 1. The molecule has 0 saturated carbocycles. The lowest BCUT2D eigenvalue weighted by atomic mass is 10.1. The number of rotatable bonds is 6. The van der Waals surface area contributed by atoms with E-state index in [0.717, 1.165) is 25.1 Å². The maximum Gasteiger partial charge on any atom is 0.416 e. The number of alkyl halides is 3. The Balaban J connectivity index is 2.04. The van der Waals surface area contributed by atoms with Gasteiger partial charge in [-0.15, -0.1) is 0 Å². The molecular weight excluding hydrogens is 321 g/mol. The Morgan fingerprint density at radius 2 is 1.96 bits per heavy atom. The second kappa shape index (κ2) is 7.53. The molecular formula is C17H19F3N2O2. The van der Waals surface area contributed by atoms with E-state index in [2.05, 4.69) is 5.32 Å². The van der Waals surface area contributed by atoms with Crippen LogP contribution in [0, 0.1) is 0 Å². The molecule has 0 aliphatic rings. The quantitative estimate of drug-likeness (QED) is 0.817. The van der Waals surface area contributed by atoms with Crippen molar-refractivity contribution in [2.24, 2.45) is 0 Å². The first-order valence-corrected chi connectivity index (χ1v) is 7.48. The Labute approximate surface area is 138 Å². The molecule has 24 heavy (non-hydrogen) atoms. The molecule has 1 aromatic heterocycles. The Bertz CT molecular complexity index is 693. The number of nitrogens with zero attached hydrogens (tertiary/aromatic N) is 1. The fourth-order valence-corrected chi connectivity index (χ4v) is 2.15. The van der Waals surface area contributed by atoms with Crippen molar-refractivity contribution in [1.82, 2.24) is 10.2 Å². The molecule has 130 valence electrons. The predicted molar refractivity (Wildman–Crippen MR) is 84.7 cm³/mol. The molecule has 0 bridgehead atoms. The highest BCUT2D eigenvalue weighted by atomic mass is 19.4. The summed E-state index contributed by atoms with van der Waals surface area (Å²) in [4.78, 5) is 14.0.